The van der Waals surface area contributed by atoms with Gasteiger partial charge >= 0.3 is 7.67 Å². The number of aliphatic hydroxyl groups is 2. The van der Waals surface area contributed by atoms with Crippen molar-refractivity contribution in [3.05, 3.63) is 0 Å². The molecule has 1 atom stereocenters. The normalized spacial score (nSPS) is 18.3. The van der Waals surface area contributed by atoms with Crippen LogP contribution in [0.1, 0.15) is 32.1 Å². The highest BCUT2D eigenvalue weighted by atomic mass is 35.5. The third-order valence-electron chi connectivity index (χ3n) is 3.79. The summed E-state index contributed by atoms with van der Waals surface area (Å²) in [4.78, 5) is 10.0. The standard InChI is InChI=1S/C8H19Cl2N2O4P.C6H13N/c9-1-3-11(4-2-10)17(15,16)12(5-7-13)6-8-14;7-6-4-2-1-3-5-6/h13-14H,1-8H2,(H,15,16);6H,1-5,7H2. The van der Waals surface area contributed by atoms with Crippen molar-refractivity contribution in [2.75, 3.05) is 51.2 Å². The third-order valence-corrected chi connectivity index (χ3v) is 6.40. The zero-order valence-corrected chi connectivity index (χ0v) is 16.6. The maximum atomic E-state index is 12.2. The Labute approximate surface area is 155 Å². The molecule has 10 heteroatoms. The number of hydrogen-bond acceptors (Lipinski definition) is 4. The van der Waals surface area contributed by atoms with Crippen LogP contribution in [0.15, 0.2) is 0 Å². The van der Waals surface area contributed by atoms with Gasteiger partial charge in [0.05, 0.1) is 13.2 Å². The van der Waals surface area contributed by atoms with Crippen LogP contribution in [-0.2, 0) is 4.57 Å². The summed E-state index contributed by atoms with van der Waals surface area (Å²) in [5.74, 6) is 0.404. The van der Waals surface area contributed by atoms with Gasteiger partial charge in [-0.15, -0.1) is 23.2 Å². The number of halogens is 2. The Morgan fingerprint density at radius 2 is 1.33 bits per heavy atom. The molecule has 1 aliphatic carbocycles. The van der Waals surface area contributed by atoms with E-state index in [0.717, 1.165) is 4.67 Å². The second kappa shape index (κ2) is 14.7. The highest BCUT2D eigenvalue weighted by Gasteiger charge is 2.34. The van der Waals surface area contributed by atoms with Crippen molar-refractivity contribution in [2.45, 2.75) is 38.1 Å². The summed E-state index contributed by atoms with van der Waals surface area (Å²) >= 11 is 11.1. The number of aliphatic hydroxyl groups excluding tert-OH is 2. The molecule has 146 valence electrons. The first-order valence-electron chi connectivity index (χ1n) is 8.36. The predicted octanol–water partition coefficient (Wildman–Crippen LogP) is 1.43. The van der Waals surface area contributed by atoms with Gasteiger partial charge in [0.25, 0.3) is 0 Å². The number of hydrogen-bond donors (Lipinski definition) is 4. The van der Waals surface area contributed by atoms with Crippen LogP contribution in [0.2, 0.25) is 0 Å². The smallest absolute Gasteiger partial charge is 0.343 e. The Kier molecular flexibility index (Phi) is 15.1. The molecule has 5 N–H and O–H groups in total. The lowest BCUT2D eigenvalue weighted by molar-refractivity contribution is 0.189. The third kappa shape index (κ3) is 9.90. The molecule has 0 amide bonds. The van der Waals surface area contributed by atoms with Crippen LogP contribution < -0.4 is 5.73 Å². The molecule has 24 heavy (non-hydrogen) atoms. The minimum absolute atomic E-state index is 0.00933. The van der Waals surface area contributed by atoms with Gasteiger partial charge in [-0.3, -0.25) is 4.57 Å². The number of rotatable bonds is 10. The molecule has 0 aromatic rings. The second-order valence-electron chi connectivity index (χ2n) is 5.64. The van der Waals surface area contributed by atoms with Crippen LogP contribution in [0, 0.1) is 0 Å². The topological polar surface area (TPSA) is 110 Å². The second-order valence-corrected chi connectivity index (χ2v) is 8.56. The fraction of sp³-hybridized carbons (Fsp3) is 1.00. The van der Waals surface area contributed by atoms with Crippen LogP contribution in [0.25, 0.3) is 0 Å². The van der Waals surface area contributed by atoms with Gasteiger partial charge in [0.1, 0.15) is 0 Å². The van der Waals surface area contributed by atoms with Crippen molar-refractivity contribution >= 4 is 30.9 Å². The average molecular weight is 408 g/mol. The zero-order chi connectivity index (χ0) is 18.4. The summed E-state index contributed by atoms with van der Waals surface area (Å²) in [5.41, 5.74) is 5.63. The molecule has 0 heterocycles. The summed E-state index contributed by atoms with van der Waals surface area (Å²) in [6.45, 7) is -0.0735. The zero-order valence-electron chi connectivity index (χ0n) is 14.2. The van der Waals surface area contributed by atoms with E-state index in [-0.39, 0.29) is 51.2 Å². The van der Waals surface area contributed by atoms with Gasteiger partial charge < -0.3 is 20.8 Å². The Morgan fingerprint density at radius 1 is 0.917 bits per heavy atom. The van der Waals surface area contributed by atoms with Gasteiger partial charge in [-0.2, -0.15) is 0 Å². The molecule has 0 bridgehead atoms. The summed E-state index contributed by atoms with van der Waals surface area (Å²) in [5, 5.41) is 17.7. The number of nitrogens with zero attached hydrogens (tertiary/aromatic N) is 2. The molecule has 0 saturated heterocycles. The fourth-order valence-corrected chi connectivity index (χ4v) is 4.91. The molecule has 1 aliphatic rings. The predicted molar refractivity (Wildman–Crippen MR) is 99.6 cm³/mol. The first kappa shape index (κ1) is 24.6. The number of nitrogens with two attached hydrogens (primary N) is 1. The van der Waals surface area contributed by atoms with Gasteiger partial charge in [0, 0.05) is 44.0 Å². The summed E-state index contributed by atoms with van der Waals surface area (Å²) < 4.78 is 14.7. The minimum atomic E-state index is -3.80. The Balaban J connectivity index is 0.000000620. The molecule has 1 saturated carbocycles. The Morgan fingerprint density at radius 3 is 1.62 bits per heavy atom. The van der Waals surface area contributed by atoms with Crippen molar-refractivity contribution in [3.63, 3.8) is 0 Å². The van der Waals surface area contributed by atoms with E-state index in [9.17, 15) is 9.46 Å². The summed E-state index contributed by atoms with van der Waals surface area (Å²) in [6.07, 6.45) is 6.66. The molecule has 0 aromatic heterocycles. The lowest BCUT2D eigenvalue weighted by Crippen LogP contribution is -2.37. The minimum Gasteiger partial charge on any atom is -0.395 e. The molecule has 0 aliphatic heterocycles. The van der Waals surface area contributed by atoms with Gasteiger partial charge in [0.2, 0.25) is 0 Å². The largest absolute Gasteiger partial charge is 0.395 e. The Bertz CT molecular complexity index is 318. The molecule has 0 spiro atoms. The van der Waals surface area contributed by atoms with Crippen LogP contribution >= 0.6 is 30.9 Å². The molecule has 7 nitrogen and oxygen atoms in total. The van der Waals surface area contributed by atoms with E-state index in [0.29, 0.717) is 6.04 Å². The maximum absolute atomic E-state index is 12.2. The highest BCUT2D eigenvalue weighted by molar-refractivity contribution is 7.52. The van der Waals surface area contributed by atoms with Crippen LogP contribution in [0.5, 0.6) is 0 Å². The first-order valence-corrected chi connectivity index (χ1v) is 11.0. The van der Waals surface area contributed by atoms with Crippen molar-refractivity contribution in [1.29, 1.82) is 0 Å². The van der Waals surface area contributed by atoms with E-state index in [1.54, 1.807) is 0 Å². The van der Waals surface area contributed by atoms with Gasteiger partial charge in [-0.25, -0.2) is 9.34 Å². The van der Waals surface area contributed by atoms with E-state index < -0.39 is 7.67 Å². The van der Waals surface area contributed by atoms with Gasteiger partial charge in [-0.05, 0) is 12.8 Å². The lowest BCUT2D eigenvalue weighted by Gasteiger charge is -2.33. The van der Waals surface area contributed by atoms with Crippen molar-refractivity contribution in [2.24, 2.45) is 5.73 Å². The van der Waals surface area contributed by atoms with E-state index >= 15 is 0 Å². The van der Waals surface area contributed by atoms with E-state index in [1.807, 2.05) is 0 Å². The van der Waals surface area contributed by atoms with Gasteiger partial charge in [-0.1, -0.05) is 19.3 Å². The molecule has 1 rings (SSSR count). The molecular formula is C14H32Cl2N3O4P. The monoisotopic (exact) mass is 407 g/mol. The van der Waals surface area contributed by atoms with Crippen molar-refractivity contribution in [1.82, 2.24) is 9.34 Å². The average Bonchev–Trinajstić information content (AvgIpc) is 2.56. The highest BCUT2D eigenvalue weighted by Crippen LogP contribution is 2.48. The van der Waals surface area contributed by atoms with Crippen LogP contribution in [0.3, 0.4) is 0 Å². The van der Waals surface area contributed by atoms with Crippen molar-refractivity contribution in [3.8, 4) is 0 Å². The molecule has 1 unspecified atom stereocenters. The van der Waals surface area contributed by atoms with E-state index in [1.165, 1.54) is 36.8 Å². The SMILES string of the molecule is NC1CCCCC1.O=P(O)(N(CCO)CCO)N(CCCl)CCCl. The molecular weight excluding hydrogens is 376 g/mol. The fourth-order valence-electron chi connectivity index (χ4n) is 2.48. The molecule has 1 fully saturated rings. The van der Waals surface area contributed by atoms with Crippen molar-refractivity contribution < 1.29 is 19.7 Å². The Hall–Kier alpha value is 0.570. The quantitative estimate of drug-likeness (QED) is 0.320. The summed E-state index contributed by atoms with van der Waals surface area (Å²) in [6, 6.07) is 0.536. The molecule has 0 aromatic carbocycles. The summed E-state index contributed by atoms with van der Waals surface area (Å²) in [7, 11) is -3.80. The van der Waals surface area contributed by atoms with E-state index in [4.69, 9.17) is 39.1 Å². The lowest BCUT2D eigenvalue weighted by atomic mass is 9.97. The number of alkyl halides is 2. The van der Waals surface area contributed by atoms with Gasteiger partial charge in [0.15, 0.2) is 0 Å². The van der Waals surface area contributed by atoms with Crippen LogP contribution in [0.4, 0.5) is 0 Å². The van der Waals surface area contributed by atoms with E-state index in [2.05, 4.69) is 0 Å². The maximum Gasteiger partial charge on any atom is 0.343 e. The molecule has 0 radical (unpaired) electrons. The first-order chi connectivity index (χ1) is 11.4. The van der Waals surface area contributed by atoms with Crippen LogP contribution in [-0.4, -0.2) is 81.6 Å².